The number of aromatic nitrogens is 2. The average molecular weight is 394 g/mol. The lowest BCUT2D eigenvalue weighted by Crippen LogP contribution is -2.16. The Labute approximate surface area is 150 Å². The molecule has 8 heteroatoms. The Kier molecular flexibility index (Phi) is 4.69. The number of hydrogen-bond acceptors (Lipinski definition) is 1. The van der Waals surface area contributed by atoms with Crippen LogP contribution in [0.3, 0.4) is 0 Å². The van der Waals surface area contributed by atoms with Gasteiger partial charge in [-0.1, -0.05) is 46.9 Å². The first-order valence-corrected chi connectivity index (χ1v) is 8.02. The van der Waals surface area contributed by atoms with Crippen LogP contribution in [0.4, 0.5) is 13.2 Å². The molecule has 0 radical (unpaired) electrons. The summed E-state index contributed by atoms with van der Waals surface area (Å²) in [5.74, 6) is -0.0919. The minimum absolute atomic E-state index is 0.0919. The maximum absolute atomic E-state index is 12.9. The first-order chi connectivity index (χ1) is 11.2. The molecule has 0 N–H and O–H groups in total. The van der Waals surface area contributed by atoms with Crippen LogP contribution >= 0.6 is 34.8 Å². The van der Waals surface area contributed by atoms with Crippen molar-refractivity contribution in [3.05, 3.63) is 62.9 Å². The molecular weight excluding hydrogens is 384 g/mol. The van der Waals surface area contributed by atoms with Crippen molar-refractivity contribution in [2.75, 3.05) is 0 Å². The van der Waals surface area contributed by atoms with Gasteiger partial charge in [0.25, 0.3) is 0 Å². The number of benzene rings is 2. The topological polar surface area (TPSA) is 17.8 Å². The van der Waals surface area contributed by atoms with Crippen LogP contribution in [0.1, 0.15) is 11.4 Å². The maximum Gasteiger partial charge on any atom is 0.396 e. The van der Waals surface area contributed by atoms with Gasteiger partial charge in [0.1, 0.15) is 12.2 Å². The molecule has 3 aromatic rings. The number of nitrogens with zero attached hydrogens (tertiary/aromatic N) is 2. The van der Waals surface area contributed by atoms with Crippen LogP contribution in [-0.2, 0) is 13.0 Å². The van der Waals surface area contributed by atoms with Gasteiger partial charge in [0.2, 0.25) is 0 Å². The molecular formula is C16H10Cl3F3N2. The fourth-order valence-electron chi connectivity index (χ4n) is 2.43. The molecule has 24 heavy (non-hydrogen) atoms. The van der Waals surface area contributed by atoms with E-state index in [0.717, 1.165) is 5.56 Å². The van der Waals surface area contributed by atoms with Crippen LogP contribution in [0.25, 0.3) is 11.0 Å². The van der Waals surface area contributed by atoms with Gasteiger partial charge in [0.05, 0.1) is 21.1 Å². The third kappa shape index (κ3) is 3.79. The molecule has 0 atom stereocenters. The van der Waals surface area contributed by atoms with E-state index in [4.69, 9.17) is 34.8 Å². The Balaban J connectivity index is 2.12. The molecule has 0 bridgehead atoms. The van der Waals surface area contributed by atoms with E-state index in [1.807, 2.05) is 0 Å². The quantitative estimate of drug-likeness (QED) is 0.522. The van der Waals surface area contributed by atoms with E-state index in [1.165, 1.54) is 16.7 Å². The fourth-order valence-corrected chi connectivity index (χ4v) is 2.87. The molecule has 0 saturated carbocycles. The highest BCUT2D eigenvalue weighted by atomic mass is 35.5. The van der Waals surface area contributed by atoms with E-state index in [9.17, 15) is 13.2 Å². The Morgan fingerprint density at radius 2 is 1.58 bits per heavy atom. The van der Waals surface area contributed by atoms with E-state index in [2.05, 4.69) is 4.98 Å². The normalized spacial score (nSPS) is 12.1. The molecule has 0 aliphatic rings. The highest BCUT2D eigenvalue weighted by molar-refractivity contribution is 6.42. The van der Waals surface area contributed by atoms with E-state index >= 15 is 0 Å². The van der Waals surface area contributed by atoms with Crippen molar-refractivity contribution in [2.45, 2.75) is 19.1 Å². The molecule has 2 nitrogen and oxygen atoms in total. The van der Waals surface area contributed by atoms with Gasteiger partial charge in [-0.3, -0.25) is 0 Å². The Hall–Kier alpha value is -1.43. The number of halogens is 6. The summed E-state index contributed by atoms with van der Waals surface area (Å²) in [6.07, 6.45) is -5.50. The van der Waals surface area contributed by atoms with Crippen molar-refractivity contribution < 1.29 is 13.2 Å². The molecule has 0 saturated heterocycles. The Morgan fingerprint density at radius 3 is 2.21 bits per heavy atom. The van der Waals surface area contributed by atoms with Crippen molar-refractivity contribution in [1.82, 2.24) is 9.55 Å². The molecule has 2 aromatic carbocycles. The number of imidazole rings is 1. The molecule has 3 rings (SSSR count). The highest BCUT2D eigenvalue weighted by Gasteiger charge is 2.31. The second kappa shape index (κ2) is 6.47. The van der Waals surface area contributed by atoms with Crippen molar-refractivity contribution >= 4 is 45.8 Å². The summed E-state index contributed by atoms with van der Waals surface area (Å²) in [5.41, 5.74) is 1.67. The minimum atomic E-state index is -4.37. The summed E-state index contributed by atoms with van der Waals surface area (Å²) < 4.78 is 40.1. The van der Waals surface area contributed by atoms with Gasteiger partial charge < -0.3 is 4.57 Å². The van der Waals surface area contributed by atoms with Crippen LogP contribution in [0.5, 0.6) is 0 Å². The van der Waals surface area contributed by atoms with Gasteiger partial charge in [-0.25, -0.2) is 4.98 Å². The first kappa shape index (κ1) is 17.4. The summed E-state index contributed by atoms with van der Waals surface area (Å²) in [4.78, 5) is 4.09. The van der Waals surface area contributed by atoms with Crippen LogP contribution in [0.2, 0.25) is 15.1 Å². The van der Waals surface area contributed by atoms with Crippen molar-refractivity contribution in [1.29, 1.82) is 0 Å². The zero-order chi connectivity index (χ0) is 17.5. The monoisotopic (exact) mass is 392 g/mol. The number of rotatable bonds is 3. The number of fused-ring (bicyclic) bond motifs is 1. The lowest BCUT2D eigenvalue weighted by Gasteiger charge is -2.11. The van der Waals surface area contributed by atoms with Gasteiger partial charge in [-0.05, 0) is 29.8 Å². The van der Waals surface area contributed by atoms with Gasteiger partial charge >= 0.3 is 6.18 Å². The summed E-state index contributed by atoms with van der Waals surface area (Å²) in [5, 5.41) is 1.07. The lowest BCUT2D eigenvalue weighted by atomic mass is 10.2. The van der Waals surface area contributed by atoms with E-state index in [-0.39, 0.29) is 22.4 Å². The third-order valence-corrected chi connectivity index (χ3v) is 4.46. The van der Waals surface area contributed by atoms with E-state index < -0.39 is 12.6 Å². The molecule has 0 aliphatic carbocycles. The van der Waals surface area contributed by atoms with E-state index in [1.54, 1.807) is 24.3 Å². The smallest absolute Gasteiger partial charge is 0.323 e. The third-order valence-electron chi connectivity index (χ3n) is 3.48. The summed E-state index contributed by atoms with van der Waals surface area (Å²) in [7, 11) is 0. The van der Waals surface area contributed by atoms with Crippen LogP contribution in [0.15, 0.2) is 36.4 Å². The molecule has 0 spiro atoms. The van der Waals surface area contributed by atoms with Crippen molar-refractivity contribution in [2.24, 2.45) is 0 Å². The second-order valence-electron chi connectivity index (χ2n) is 5.29. The van der Waals surface area contributed by atoms with Gasteiger partial charge in [0.15, 0.2) is 0 Å². The summed E-state index contributed by atoms with van der Waals surface area (Å²) >= 11 is 17.8. The van der Waals surface area contributed by atoms with Gasteiger partial charge in [-0.15, -0.1) is 0 Å². The Morgan fingerprint density at radius 1 is 0.958 bits per heavy atom. The maximum atomic E-state index is 12.9. The minimum Gasteiger partial charge on any atom is -0.323 e. The molecule has 0 aliphatic heterocycles. The van der Waals surface area contributed by atoms with Crippen LogP contribution in [-0.4, -0.2) is 15.7 Å². The molecule has 0 amide bonds. The van der Waals surface area contributed by atoms with Crippen LogP contribution in [0, 0.1) is 0 Å². The average Bonchev–Trinajstić information content (AvgIpc) is 2.77. The fraction of sp³-hybridized carbons (Fsp3) is 0.188. The largest absolute Gasteiger partial charge is 0.396 e. The predicted octanol–water partition coefficient (Wildman–Crippen LogP) is 6.15. The summed E-state index contributed by atoms with van der Waals surface area (Å²) in [6.45, 7) is 0.219. The van der Waals surface area contributed by atoms with Crippen molar-refractivity contribution in [3.8, 4) is 0 Å². The SMILES string of the molecule is FC(F)(F)Cc1nc2cc(Cl)c(Cl)cc2n1Cc1ccc(Cl)cc1. The molecule has 0 unspecified atom stereocenters. The predicted molar refractivity (Wildman–Crippen MR) is 90.1 cm³/mol. The van der Waals surface area contributed by atoms with Crippen molar-refractivity contribution in [3.63, 3.8) is 0 Å². The number of alkyl halides is 3. The molecule has 1 aromatic heterocycles. The highest BCUT2D eigenvalue weighted by Crippen LogP contribution is 2.31. The van der Waals surface area contributed by atoms with Crippen LogP contribution < -0.4 is 0 Å². The van der Waals surface area contributed by atoms with Gasteiger partial charge in [-0.2, -0.15) is 13.2 Å². The van der Waals surface area contributed by atoms with E-state index in [0.29, 0.717) is 16.1 Å². The zero-order valence-corrected chi connectivity index (χ0v) is 14.3. The first-order valence-electron chi connectivity index (χ1n) is 6.88. The zero-order valence-electron chi connectivity index (χ0n) is 12.0. The molecule has 126 valence electrons. The standard InChI is InChI=1S/C16H10Cl3F3N2/c17-10-3-1-9(2-4-10)8-24-14-6-12(19)11(18)5-13(14)23-15(24)7-16(20,21)22/h1-6H,7-8H2. The summed E-state index contributed by atoms with van der Waals surface area (Å²) in [6, 6.07) is 9.87. The lowest BCUT2D eigenvalue weighted by molar-refractivity contribution is -0.128. The molecule has 1 heterocycles. The Bertz CT molecular complexity index is 886. The molecule has 0 fully saturated rings. The second-order valence-corrected chi connectivity index (χ2v) is 6.54. The number of hydrogen-bond donors (Lipinski definition) is 0. The van der Waals surface area contributed by atoms with Gasteiger partial charge in [0, 0.05) is 11.6 Å².